The summed E-state index contributed by atoms with van der Waals surface area (Å²) in [4.78, 5) is 17.9. The van der Waals surface area contributed by atoms with Crippen molar-refractivity contribution in [3.63, 3.8) is 0 Å². The lowest BCUT2D eigenvalue weighted by atomic mass is 9.98. The summed E-state index contributed by atoms with van der Waals surface area (Å²) in [5.41, 5.74) is 5.73. The Morgan fingerprint density at radius 2 is 2.10 bits per heavy atom. The van der Waals surface area contributed by atoms with Crippen LogP contribution < -0.4 is 16.0 Å². The second-order valence-electron chi connectivity index (χ2n) is 5.82. The molecule has 3 rings (SSSR count). The first kappa shape index (κ1) is 13.4. The van der Waals surface area contributed by atoms with Gasteiger partial charge in [-0.25, -0.2) is 4.98 Å². The Bertz CT molecular complexity index is 475. The second-order valence-corrected chi connectivity index (χ2v) is 5.82. The van der Waals surface area contributed by atoms with E-state index in [0.717, 1.165) is 12.4 Å². The molecule has 0 aromatic carbocycles. The highest BCUT2D eigenvalue weighted by atomic mass is 16.1. The van der Waals surface area contributed by atoms with Crippen LogP contribution in [0.3, 0.4) is 0 Å². The molecule has 2 aliphatic heterocycles. The average molecular weight is 274 g/mol. The van der Waals surface area contributed by atoms with E-state index >= 15 is 0 Å². The molecule has 108 valence electrons. The molecule has 3 heterocycles. The molecule has 2 atom stereocenters. The van der Waals surface area contributed by atoms with Gasteiger partial charge in [-0.2, -0.15) is 0 Å². The number of carbonyl (C=O) groups excluding carboxylic acids is 1. The molecule has 5 nitrogen and oxygen atoms in total. The van der Waals surface area contributed by atoms with E-state index in [2.05, 4.69) is 22.1 Å². The minimum absolute atomic E-state index is 0.424. The molecule has 2 fully saturated rings. The highest BCUT2D eigenvalue weighted by Gasteiger charge is 2.36. The Balaban J connectivity index is 1.77. The fourth-order valence-electron chi connectivity index (χ4n) is 3.59. The van der Waals surface area contributed by atoms with E-state index in [4.69, 9.17) is 5.73 Å². The zero-order chi connectivity index (χ0) is 14.1. The Hall–Kier alpha value is -1.62. The van der Waals surface area contributed by atoms with Crippen molar-refractivity contribution in [2.45, 2.75) is 50.7 Å². The van der Waals surface area contributed by atoms with E-state index in [9.17, 15) is 4.79 Å². The molecule has 20 heavy (non-hydrogen) atoms. The number of fused-ring (bicyclic) bond motifs is 2. The zero-order valence-corrected chi connectivity index (χ0v) is 11.9. The van der Waals surface area contributed by atoms with Crippen LogP contribution in [0.1, 0.15) is 43.0 Å². The standard InChI is InChI=1S/C15H22N4O/c1-2-19(13-7-11-4-5-12(8-13)18-11)14-6-3-10(9-17-14)15(16)20/h3,6,9,11-13,18H,2,4-5,7-8H2,1H3,(H2,16,20). The SMILES string of the molecule is CCN(c1ccc(C(N)=O)cn1)C1CC2CCC(C1)N2. The number of rotatable bonds is 4. The van der Waals surface area contributed by atoms with Crippen LogP contribution in [0.4, 0.5) is 5.82 Å². The average Bonchev–Trinajstić information content (AvgIpc) is 2.79. The van der Waals surface area contributed by atoms with Gasteiger partial charge in [-0.05, 0) is 44.7 Å². The molecular formula is C15H22N4O. The van der Waals surface area contributed by atoms with Crippen LogP contribution in [0, 0.1) is 0 Å². The number of nitrogens with zero attached hydrogens (tertiary/aromatic N) is 2. The summed E-state index contributed by atoms with van der Waals surface area (Å²) >= 11 is 0. The van der Waals surface area contributed by atoms with Gasteiger partial charge >= 0.3 is 0 Å². The highest BCUT2D eigenvalue weighted by Crippen LogP contribution is 2.31. The van der Waals surface area contributed by atoms with Gasteiger partial charge in [0, 0.05) is 30.9 Å². The number of aromatic nitrogens is 1. The molecular weight excluding hydrogens is 252 g/mol. The van der Waals surface area contributed by atoms with Gasteiger partial charge in [0.25, 0.3) is 0 Å². The van der Waals surface area contributed by atoms with Crippen molar-refractivity contribution in [1.82, 2.24) is 10.3 Å². The van der Waals surface area contributed by atoms with Gasteiger partial charge in [-0.3, -0.25) is 4.79 Å². The Kier molecular flexibility index (Phi) is 3.61. The Morgan fingerprint density at radius 1 is 1.40 bits per heavy atom. The molecule has 2 unspecified atom stereocenters. The molecule has 2 aliphatic rings. The van der Waals surface area contributed by atoms with Crippen LogP contribution in [0.15, 0.2) is 18.3 Å². The third kappa shape index (κ3) is 2.50. The van der Waals surface area contributed by atoms with Crippen molar-refractivity contribution >= 4 is 11.7 Å². The van der Waals surface area contributed by atoms with Gasteiger partial charge in [0.15, 0.2) is 0 Å². The minimum atomic E-state index is -0.424. The van der Waals surface area contributed by atoms with Crippen LogP contribution in [0.25, 0.3) is 0 Å². The third-order valence-electron chi connectivity index (χ3n) is 4.56. The summed E-state index contributed by atoms with van der Waals surface area (Å²) in [5.74, 6) is 0.524. The van der Waals surface area contributed by atoms with E-state index < -0.39 is 5.91 Å². The molecule has 1 amide bonds. The maximum absolute atomic E-state index is 11.1. The van der Waals surface area contributed by atoms with Gasteiger partial charge in [-0.1, -0.05) is 0 Å². The van der Waals surface area contributed by atoms with Gasteiger partial charge < -0.3 is 16.0 Å². The predicted octanol–water partition coefficient (Wildman–Crippen LogP) is 1.29. The molecule has 2 saturated heterocycles. The molecule has 0 radical (unpaired) electrons. The first-order chi connectivity index (χ1) is 9.67. The van der Waals surface area contributed by atoms with Crippen molar-refractivity contribution in [3.05, 3.63) is 23.9 Å². The molecule has 1 aromatic rings. The van der Waals surface area contributed by atoms with E-state index in [1.807, 2.05) is 6.07 Å². The van der Waals surface area contributed by atoms with Gasteiger partial charge in [-0.15, -0.1) is 0 Å². The largest absolute Gasteiger partial charge is 0.366 e. The molecule has 0 aliphatic carbocycles. The van der Waals surface area contributed by atoms with E-state index in [-0.39, 0.29) is 0 Å². The molecule has 1 aromatic heterocycles. The first-order valence-electron chi connectivity index (χ1n) is 7.46. The number of nitrogens with two attached hydrogens (primary N) is 1. The minimum Gasteiger partial charge on any atom is -0.366 e. The first-order valence-corrected chi connectivity index (χ1v) is 7.46. The molecule has 2 bridgehead atoms. The number of primary amides is 1. The number of hydrogen-bond donors (Lipinski definition) is 2. The Labute approximate surface area is 119 Å². The summed E-state index contributed by atoms with van der Waals surface area (Å²) in [6.07, 6.45) is 6.54. The van der Waals surface area contributed by atoms with Crippen LogP contribution in [-0.2, 0) is 0 Å². The maximum Gasteiger partial charge on any atom is 0.250 e. The lowest BCUT2D eigenvalue weighted by Crippen LogP contribution is -2.48. The number of pyridine rings is 1. The maximum atomic E-state index is 11.1. The zero-order valence-electron chi connectivity index (χ0n) is 11.9. The normalized spacial score (nSPS) is 28.4. The summed E-state index contributed by atoms with van der Waals surface area (Å²) in [7, 11) is 0. The smallest absolute Gasteiger partial charge is 0.250 e. The van der Waals surface area contributed by atoms with Crippen molar-refractivity contribution in [1.29, 1.82) is 0 Å². The van der Waals surface area contributed by atoms with Crippen molar-refractivity contribution < 1.29 is 4.79 Å². The third-order valence-corrected chi connectivity index (χ3v) is 4.56. The fraction of sp³-hybridized carbons (Fsp3) is 0.600. The lowest BCUT2D eigenvalue weighted by Gasteiger charge is -2.38. The molecule has 5 heteroatoms. The van der Waals surface area contributed by atoms with Gasteiger partial charge in [0.2, 0.25) is 5.91 Å². The van der Waals surface area contributed by atoms with E-state index in [0.29, 0.717) is 23.7 Å². The van der Waals surface area contributed by atoms with E-state index in [1.54, 1.807) is 12.3 Å². The predicted molar refractivity (Wildman–Crippen MR) is 78.7 cm³/mol. The van der Waals surface area contributed by atoms with Gasteiger partial charge in [0.05, 0.1) is 5.56 Å². The van der Waals surface area contributed by atoms with Crippen LogP contribution >= 0.6 is 0 Å². The number of anilines is 1. The highest BCUT2D eigenvalue weighted by molar-refractivity contribution is 5.92. The lowest BCUT2D eigenvalue weighted by molar-refractivity contribution is 0.1000. The van der Waals surface area contributed by atoms with Crippen LogP contribution in [-0.4, -0.2) is 35.6 Å². The molecule has 0 saturated carbocycles. The Morgan fingerprint density at radius 3 is 2.60 bits per heavy atom. The summed E-state index contributed by atoms with van der Waals surface area (Å²) < 4.78 is 0. The monoisotopic (exact) mass is 274 g/mol. The van der Waals surface area contributed by atoms with Crippen molar-refractivity contribution in [2.75, 3.05) is 11.4 Å². The van der Waals surface area contributed by atoms with Crippen LogP contribution in [0.2, 0.25) is 0 Å². The summed E-state index contributed by atoms with van der Waals surface area (Å²) in [5, 5.41) is 3.67. The number of nitrogens with one attached hydrogen (secondary N) is 1. The van der Waals surface area contributed by atoms with Crippen molar-refractivity contribution in [3.8, 4) is 0 Å². The molecule has 0 spiro atoms. The number of amides is 1. The fourth-order valence-corrected chi connectivity index (χ4v) is 3.59. The number of hydrogen-bond acceptors (Lipinski definition) is 4. The quantitative estimate of drug-likeness (QED) is 0.868. The van der Waals surface area contributed by atoms with Gasteiger partial charge in [0.1, 0.15) is 5.82 Å². The topological polar surface area (TPSA) is 71.2 Å². The second kappa shape index (κ2) is 5.40. The number of piperidine rings is 1. The van der Waals surface area contributed by atoms with Crippen LogP contribution in [0.5, 0.6) is 0 Å². The summed E-state index contributed by atoms with van der Waals surface area (Å²) in [6, 6.07) is 5.55. The number of carbonyl (C=O) groups is 1. The molecule has 3 N–H and O–H groups in total. The summed E-state index contributed by atoms with van der Waals surface area (Å²) in [6.45, 7) is 3.10. The van der Waals surface area contributed by atoms with E-state index in [1.165, 1.54) is 25.7 Å². The van der Waals surface area contributed by atoms with Crippen molar-refractivity contribution in [2.24, 2.45) is 5.73 Å².